The summed E-state index contributed by atoms with van der Waals surface area (Å²) in [5, 5.41) is 2.90. The number of likely N-dealkylation sites (N-methyl/N-ethyl adjacent to an activating group) is 1. The standard InChI is InChI=1S/C35H38ClN3O7S/c1-24-11-13-26(14-12-24)22-38(30(35(41)37-2)19-25-9-7-6-8-10-25)34(40)23-39(29-20-27(36)15-17-31(29)44-3)47(42,43)28-16-18-32(45-4)33(21-28)46-5/h6-18,20-21,30H,19,22-23H2,1-5H3,(H,37,41)/t30-/m0/s1. The highest BCUT2D eigenvalue weighted by molar-refractivity contribution is 7.92. The molecular weight excluding hydrogens is 642 g/mol. The summed E-state index contributed by atoms with van der Waals surface area (Å²) in [5.74, 6) is -0.344. The Morgan fingerprint density at radius 2 is 1.45 bits per heavy atom. The molecule has 0 spiro atoms. The second-order valence-electron chi connectivity index (χ2n) is 10.7. The van der Waals surface area contributed by atoms with E-state index >= 15 is 0 Å². The normalized spacial score (nSPS) is 11.7. The number of nitrogens with zero attached hydrogens (tertiary/aromatic N) is 2. The Labute approximate surface area is 280 Å². The van der Waals surface area contributed by atoms with Crippen molar-refractivity contribution < 1.29 is 32.2 Å². The minimum Gasteiger partial charge on any atom is -0.495 e. The molecule has 1 N–H and O–H groups in total. The van der Waals surface area contributed by atoms with Gasteiger partial charge in [0.05, 0.1) is 31.9 Å². The molecule has 0 saturated heterocycles. The lowest BCUT2D eigenvalue weighted by molar-refractivity contribution is -0.139. The molecule has 0 fully saturated rings. The average Bonchev–Trinajstić information content (AvgIpc) is 3.09. The predicted octanol–water partition coefficient (Wildman–Crippen LogP) is 5.26. The highest BCUT2D eigenvalue weighted by Crippen LogP contribution is 2.37. The van der Waals surface area contributed by atoms with Crippen molar-refractivity contribution in [1.29, 1.82) is 0 Å². The molecule has 0 aliphatic rings. The number of benzene rings is 4. The molecule has 0 aromatic heterocycles. The van der Waals surface area contributed by atoms with Gasteiger partial charge in [-0.25, -0.2) is 8.42 Å². The summed E-state index contributed by atoms with van der Waals surface area (Å²) < 4.78 is 46.1. The van der Waals surface area contributed by atoms with Gasteiger partial charge >= 0.3 is 0 Å². The number of nitrogens with one attached hydrogen (secondary N) is 1. The number of carbonyl (C=O) groups excluding carboxylic acids is 2. The Morgan fingerprint density at radius 3 is 2.06 bits per heavy atom. The Balaban J connectivity index is 1.86. The van der Waals surface area contributed by atoms with Crippen LogP contribution in [-0.2, 0) is 32.6 Å². The fourth-order valence-corrected chi connectivity index (χ4v) is 6.69. The van der Waals surface area contributed by atoms with Gasteiger partial charge in [0.25, 0.3) is 10.0 Å². The minimum absolute atomic E-state index is 0.0398. The van der Waals surface area contributed by atoms with Gasteiger partial charge in [-0.3, -0.25) is 13.9 Å². The first kappa shape index (κ1) is 35.1. The van der Waals surface area contributed by atoms with E-state index in [2.05, 4.69) is 5.32 Å². The Hall–Kier alpha value is -4.74. The smallest absolute Gasteiger partial charge is 0.265 e. The number of sulfonamides is 1. The van der Waals surface area contributed by atoms with Crippen LogP contribution in [0.3, 0.4) is 0 Å². The molecule has 0 saturated carbocycles. The fourth-order valence-electron chi connectivity index (χ4n) is 5.09. The summed E-state index contributed by atoms with van der Waals surface area (Å²) in [6.45, 7) is 1.31. The second-order valence-corrected chi connectivity index (χ2v) is 13.0. The Morgan fingerprint density at radius 1 is 0.809 bits per heavy atom. The van der Waals surface area contributed by atoms with Gasteiger partial charge in [-0.15, -0.1) is 0 Å². The molecule has 12 heteroatoms. The number of aryl methyl sites for hydroxylation is 1. The van der Waals surface area contributed by atoms with Gasteiger partial charge in [-0.1, -0.05) is 71.8 Å². The molecule has 0 bridgehead atoms. The Kier molecular flexibility index (Phi) is 11.7. The molecule has 4 rings (SSSR count). The second kappa shape index (κ2) is 15.7. The van der Waals surface area contributed by atoms with E-state index in [9.17, 15) is 18.0 Å². The van der Waals surface area contributed by atoms with Gasteiger partial charge in [0.2, 0.25) is 11.8 Å². The van der Waals surface area contributed by atoms with Crippen molar-refractivity contribution in [1.82, 2.24) is 10.2 Å². The molecule has 4 aromatic carbocycles. The van der Waals surface area contributed by atoms with Crippen molar-refractivity contribution in [3.63, 3.8) is 0 Å². The molecule has 4 aromatic rings. The molecule has 0 aliphatic carbocycles. The van der Waals surface area contributed by atoms with E-state index in [0.717, 1.165) is 21.0 Å². The van der Waals surface area contributed by atoms with Crippen LogP contribution in [0, 0.1) is 6.92 Å². The third-order valence-corrected chi connectivity index (χ3v) is 9.61. The highest BCUT2D eigenvalue weighted by atomic mass is 35.5. The van der Waals surface area contributed by atoms with Crippen LogP contribution in [0.2, 0.25) is 5.02 Å². The van der Waals surface area contributed by atoms with Crippen molar-refractivity contribution in [2.75, 3.05) is 39.2 Å². The lowest BCUT2D eigenvalue weighted by Gasteiger charge is -2.34. The van der Waals surface area contributed by atoms with E-state index in [0.29, 0.717) is 5.75 Å². The summed E-state index contributed by atoms with van der Waals surface area (Å²) in [6.07, 6.45) is 0.195. The molecule has 0 heterocycles. The van der Waals surface area contributed by atoms with E-state index in [1.165, 1.54) is 63.6 Å². The van der Waals surface area contributed by atoms with E-state index in [1.54, 1.807) is 6.07 Å². The molecule has 47 heavy (non-hydrogen) atoms. The summed E-state index contributed by atoms with van der Waals surface area (Å²) in [7, 11) is 1.25. The van der Waals surface area contributed by atoms with Crippen LogP contribution in [0.5, 0.6) is 17.2 Å². The van der Waals surface area contributed by atoms with Crippen molar-refractivity contribution in [3.8, 4) is 17.2 Å². The molecule has 0 aliphatic heterocycles. The SMILES string of the molecule is CNC(=O)[C@H](Cc1ccccc1)N(Cc1ccc(C)cc1)C(=O)CN(c1cc(Cl)ccc1OC)S(=O)(=O)c1ccc(OC)c(OC)c1. The van der Waals surface area contributed by atoms with E-state index in [1.807, 2.05) is 61.5 Å². The molecule has 2 amide bonds. The van der Waals surface area contributed by atoms with E-state index in [-0.39, 0.29) is 40.1 Å². The first-order valence-corrected chi connectivity index (χ1v) is 16.5. The topological polar surface area (TPSA) is 114 Å². The van der Waals surface area contributed by atoms with Gasteiger partial charge in [0, 0.05) is 31.1 Å². The fraction of sp³-hybridized carbons (Fsp3) is 0.257. The monoisotopic (exact) mass is 679 g/mol. The maximum atomic E-state index is 14.6. The summed E-state index contributed by atoms with van der Waals surface area (Å²) >= 11 is 6.36. The van der Waals surface area contributed by atoms with Crippen LogP contribution in [-0.4, -0.2) is 66.1 Å². The molecule has 1 atom stereocenters. The molecule has 248 valence electrons. The van der Waals surface area contributed by atoms with Gasteiger partial charge in [0.1, 0.15) is 18.3 Å². The summed E-state index contributed by atoms with van der Waals surface area (Å²) in [5.41, 5.74) is 2.66. The third-order valence-electron chi connectivity index (χ3n) is 7.62. The van der Waals surface area contributed by atoms with Gasteiger partial charge in [-0.05, 0) is 48.4 Å². The number of amides is 2. The van der Waals surface area contributed by atoms with Crippen LogP contribution >= 0.6 is 11.6 Å². The van der Waals surface area contributed by atoms with Crippen molar-refractivity contribution in [3.05, 3.63) is 113 Å². The minimum atomic E-state index is -4.47. The average molecular weight is 680 g/mol. The predicted molar refractivity (Wildman–Crippen MR) is 182 cm³/mol. The van der Waals surface area contributed by atoms with Gasteiger partial charge in [0.15, 0.2) is 11.5 Å². The zero-order valence-electron chi connectivity index (χ0n) is 26.9. The molecule has 0 unspecified atom stereocenters. The maximum absolute atomic E-state index is 14.6. The quantitative estimate of drug-likeness (QED) is 0.194. The number of ether oxygens (including phenoxy) is 3. The zero-order chi connectivity index (χ0) is 34.1. The highest BCUT2D eigenvalue weighted by Gasteiger charge is 2.36. The number of hydrogen-bond acceptors (Lipinski definition) is 7. The number of hydrogen-bond donors (Lipinski definition) is 1. The zero-order valence-corrected chi connectivity index (χ0v) is 28.5. The lowest BCUT2D eigenvalue weighted by atomic mass is 10.0. The number of rotatable bonds is 14. The maximum Gasteiger partial charge on any atom is 0.265 e. The van der Waals surface area contributed by atoms with Crippen LogP contribution in [0.15, 0.2) is 95.9 Å². The molecule has 10 nitrogen and oxygen atoms in total. The first-order valence-electron chi connectivity index (χ1n) is 14.7. The van der Waals surface area contributed by atoms with E-state index < -0.39 is 34.4 Å². The number of carbonyl (C=O) groups is 2. The largest absolute Gasteiger partial charge is 0.495 e. The molecule has 0 radical (unpaired) electrons. The number of halogens is 1. The van der Waals surface area contributed by atoms with Crippen LogP contribution in [0.25, 0.3) is 0 Å². The van der Waals surface area contributed by atoms with Gasteiger partial charge < -0.3 is 24.4 Å². The van der Waals surface area contributed by atoms with Crippen molar-refractivity contribution >= 4 is 39.1 Å². The van der Waals surface area contributed by atoms with Crippen LogP contribution < -0.4 is 23.8 Å². The Bertz CT molecular complexity index is 1800. The number of methoxy groups -OCH3 is 3. The van der Waals surface area contributed by atoms with Crippen molar-refractivity contribution in [2.45, 2.75) is 30.8 Å². The van der Waals surface area contributed by atoms with Gasteiger partial charge in [-0.2, -0.15) is 0 Å². The first-order chi connectivity index (χ1) is 22.5. The van der Waals surface area contributed by atoms with Crippen LogP contribution in [0.1, 0.15) is 16.7 Å². The van der Waals surface area contributed by atoms with Crippen LogP contribution in [0.4, 0.5) is 5.69 Å². The lowest BCUT2D eigenvalue weighted by Crippen LogP contribution is -2.53. The van der Waals surface area contributed by atoms with Crippen molar-refractivity contribution in [2.24, 2.45) is 0 Å². The molecular formula is C35H38ClN3O7S. The summed E-state index contributed by atoms with van der Waals surface area (Å²) in [4.78, 5) is 29.3. The van der Waals surface area contributed by atoms with E-state index in [4.69, 9.17) is 25.8 Å². The number of anilines is 1. The third kappa shape index (κ3) is 8.35. The summed E-state index contributed by atoms with van der Waals surface area (Å²) in [6, 6.07) is 24.5.